The summed E-state index contributed by atoms with van der Waals surface area (Å²) >= 11 is 9.21. The van der Waals surface area contributed by atoms with Crippen LogP contribution < -0.4 is 10.6 Å². The molecule has 1 aliphatic heterocycles. The molecular weight excluding hydrogens is 339 g/mol. The van der Waals surface area contributed by atoms with E-state index >= 15 is 0 Å². The van der Waals surface area contributed by atoms with Gasteiger partial charge in [0.25, 0.3) is 5.91 Å². The number of hydrogen-bond donors (Lipinski definition) is 2. The lowest BCUT2D eigenvalue weighted by Crippen LogP contribution is -2.32. The average Bonchev–Trinajstić information content (AvgIpc) is 2.74. The number of hydrogen-bond acceptors (Lipinski definition) is 2. The molecule has 2 N–H and O–H groups in total. The van der Waals surface area contributed by atoms with Gasteiger partial charge in [0.05, 0.1) is 5.56 Å². The Hall–Kier alpha value is -0.290. The van der Waals surface area contributed by atoms with Crippen LogP contribution in [0.25, 0.3) is 0 Å². The summed E-state index contributed by atoms with van der Waals surface area (Å²) in [6.45, 7) is 2.05. The van der Waals surface area contributed by atoms with Gasteiger partial charge in [-0.05, 0) is 46.0 Å². The van der Waals surface area contributed by atoms with Gasteiger partial charge in [0.2, 0.25) is 0 Å². The first kappa shape index (κ1) is 14.1. The molecule has 0 aromatic heterocycles. The van der Waals surface area contributed by atoms with Gasteiger partial charge >= 0.3 is 0 Å². The van der Waals surface area contributed by atoms with Crippen molar-refractivity contribution in [2.24, 2.45) is 11.8 Å². The number of piperidine rings is 1. The highest BCUT2D eigenvalue weighted by Crippen LogP contribution is 2.41. The van der Waals surface area contributed by atoms with Crippen LogP contribution in [0.15, 0.2) is 22.7 Å². The predicted molar refractivity (Wildman–Crippen MR) is 77.5 cm³/mol. The maximum Gasteiger partial charge on any atom is 0.252 e. The van der Waals surface area contributed by atoms with Gasteiger partial charge < -0.3 is 10.6 Å². The van der Waals surface area contributed by atoms with E-state index in [0.29, 0.717) is 28.5 Å². The standard InChI is InChI=1S/C12H12BrClN2O.ClH/c13-10-3-6(14)1-2-7(10)12(17)16-11-8-4-15-5-9(8)11;/h1-3,8-9,11,15H,4-5H2,(H,16,17);1H. The first-order chi connectivity index (χ1) is 8.16. The maximum atomic E-state index is 12.1. The molecule has 0 bridgehead atoms. The van der Waals surface area contributed by atoms with Gasteiger partial charge in [0.1, 0.15) is 0 Å². The molecule has 1 amide bonds. The second-order valence-electron chi connectivity index (χ2n) is 4.61. The molecule has 2 fully saturated rings. The zero-order valence-electron chi connectivity index (χ0n) is 9.45. The van der Waals surface area contributed by atoms with Crippen LogP contribution in [0.2, 0.25) is 5.02 Å². The monoisotopic (exact) mass is 350 g/mol. The van der Waals surface area contributed by atoms with Crippen molar-refractivity contribution in [1.82, 2.24) is 10.6 Å². The highest BCUT2D eigenvalue weighted by atomic mass is 79.9. The summed E-state index contributed by atoms with van der Waals surface area (Å²) in [6, 6.07) is 5.58. The van der Waals surface area contributed by atoms with Crippen LogP contribution in [-0.2, 0) is 0 Å². The summed E-state index contributed by atoms with van der Waals surface area (Å²) in [7, 11) is 0. The predicted octanol–water partition coefficient (Wildman–Crippen LogP) is 2.47. The lowest BCUT2D eigenvalue weighted by Gasteiger charge is -2.09. The zero-order chi connectivity index (χ0) is 12.0. The molecule has 2 unspecified atom stereocenters. The van der Waals surface area contributed by atoms with Crippen molar-refractivity contribution in [1.29, 1.82) is 0 Å². The van der Waals surface area contributed by atoms with Crippen molar-refractivity contribution in [3.8, 4) is 0 Å². The molecule has 1 aromatic carbocycles. The second kappa shape index (κ2) is 5.37. The summed E-state index contributed by atoms with van der Waals surface area (Å²) in [6.07, 6.45) is 0. The molecule has 2 aliphatic rings. The Balaban J connectivity index is 0.00000120. The van der Waals surface area contributed by atoms with E-state index in [2.05, 4.69) is 26.6 Å². The van der Waals surface area contributed by atoms with Crippen molar-refractivity contribution in [2.45, 2.75) is 6.04 Å². The lowest BCUT2D eigenvalue weighted by atomic mass is 10.2. The Morgan fingerprint density at radius 1 is 1.39 bits per heavy atom. The Labute approximate surface area is 125 Å². The Morgan fingerprint density at radius 3 is 2.67 bits per heavy atom. The Morgan fingerprint density at radius 2 is 2.06 bits per heavy atom. The minimum atomic E-state index is -0.0204. The maximum absolute atomic E-state index is 12.1. The number of benzene rings is 1. The van der Waals surface area contributed by atoms with E-state index in [0.717, 1.165) is 17.6 Å². The topological polar surface area (TPSA) is 41.1 Å². The third-order valence-electron chi connectivity index (χ3n) is 3.57. The van der Waals surface area contributed by atoms with Gasteiger partial charge in [-0.1, -0.05) is 11.6 Å². The number of carbonyl (C=O) groups is 1. The SMILES string of the molecule is Cl.O=C(NC1C2CNCC21)c1ccc(Cl)cc1Br. The molecule has 0 spiro atoms. The molecule has 1 aliphatic carbocycles. The molecule has 1 saturated heterocycles. The number of rotatable bonds is 2. The average molecular weight is 352 g/mol. The van der Waals surface area contributed by atoms with E-state index in [1.807, 2.05) is 0 Å². The molecule has 0 radical (unpaired) electrons. The first-order valence-electron chi connectivity index (χ1n) is 5.63. The number of fused-ring (bicyclic) bond motifs is 1. The highest BCUT2D eigenvalue weighted by molar-refractivity contribution is 9.10. The van der Waals surface area contributed by atoms with Crippen molar-refractivity contribution >= 4 is 45.8 Å². The van der Waals surface area contributed by atoms with Crippen LogP contribution in [0, 0.1) is 11.8 Å². The molecule has 1 heterocycles. The summed E-state index contributed by atoms with van der Waals surface area (Å²) in [5, 5.41) is 7.01. The molecule has 3 nitrogen and oxygen atoms in total. The molecular formula is C12H13BrCl2N2O. The van der Waals surface area contributed by atoms with Crippen molar-refractivity contribution < 1.29 is 4.79 Å². The largest absolute Gasteiger partial charge is 0.349 e. The van der Waals surface area contributed by atoms with Gasteiger partial charge in [-0.3, -0.25) is 4.79 Å². The Kier molecular flexibility index (Phi) is 4.22. The molecule has 3 rings (SSSR count). The fourth-order valence-corrected chi connectivity index (χ4v) is 3.40. The summed E-state index contributed by atoms with van der Waals surface area (Å²) in [5.74, 6) is 1.24. The number of carbonyl (C=O) groups excluding carboxylic acids is 1. The van der Waals surface area contributed by atoms with Crippen LogP contribution in [-0.4, -0.2) is 25.0 Å². The quantitative estimate of drug-likeness (QED) is 0.859. The smallest absolute Gasteiger partial charge is 0.252 e. The molecule has 18 heavy (non-hydrogen) atoms. The van der Waals surface area contributed by atoms with Crippen molar-refractivity contribution in [2.75, 3.05) is 13.1 Å². The van der Waals surface area contributed by atoms with Crippen LogP contribution >= 0.6 is 39.9 Å². The van der Waals surface area contributed by atoms with E-state index in [1.165, 1.54) is 0 Å². The highest BCUT2D eigenvalue weighted by Gasteiger charge is 2.53. The number of halogens is 3. The van der Waals surface area contributed by atoms with Gasteiger partial charge in [-0.15, -0.1) is 12.4 Å². The van der Waals surface area contributed by atoms with Crippen LogP contribution in [0.5, 0.6) is 0 Å². The molecule has 1 saturated carbocycles. The molecule has 98 valence electrons. The zero-order valence-corrected chi connectivity index (χ0v) is 12.6. The van der Waals surface area contributed by atoms with E-state index in [1.54, 1.807) is 18.2 Å². The number of amides is 1. The van der Waals surface area contributed by atoms with E-state index in [-0.39, 0.29) is 18.3 Å². The van der Waals surface area contributed by atoms with Crippen molar-refractivity contribution in [3.05, 3.63) is 33.3 Å². The fraction of sp³-hybridized carbons (Fsp3) is 0.417. The van der Waals surface area contributed by atoms with Crippen LogP contribution in [0.1, 0.15) is 10.4 Å². The van der Waals surface area contributed by atoms with E-state index in [9.17, 15) is 4.79 Å². The van der Waals surface area contributed by atoms with Crippen LogP contribution in [0.4, 0.5) is 0 Å². The summed E-state index contributed by atoms with van der Waals surface area (Å²) < 4.78 is 0.742. The van der Waals surface area contributed by atoms with E-state index in [4.69, 9.17) is 11.6 Å². The molecule has 1 aromatic rings. The van der Waals surface area contributed by atoms with Crippen LogP contribution in [0.3, 0.4) is 0 Å². The summed E-state index contributed by atoms with van der Waals surface area (Å²) in [5.41, 5.74) is 0.646. The molecule has 2 atom stereocenters. The fourth-order valence-electron chi connectivity index (χ4n) is 2.54. The minimum absolute atomic E-state index is 0. The minimum Gasteiger partial charge on any atom is -0.349 e. The third-order valence-corrected chi connectivity index (χ3v) is 4.46. The van der Waals surface area contributed by atoms with Gasteiger partial charge in [0.15, 0.2) is 0 Å². The Bertz CT molecular complexity index is 473. The van der Waals surface area contributed by atoms with Crippen molar-refractivity contribution in [3.63, 3.8) is 0 Å². The van der Waals surface area contributed by atoms with E-state index < -0.39 is 0 Å². The first-order valence-corrected chi connectivity index (χ1v) is 6.80. The lowest BCUT2D eigenvalue weighted by molar-refractivity contribution is 0.0946. The van der Waals surface area contributed by atoms with Gasteiger partial charge in [-0.2, -0.15) is 0 Å². The third kappa shape index (κ3) is 2.52. The number of nitrogens with one attached hydrogen (secondary N) is 2. The normalized spacial score (nSPS) is 28.2. The second-order valence-corrected chi connectivity index (χ2v) is 5.90. The summed E-state index contributed by atoms with van der Waals surface area (Å²) in [4.78, 5) is 12.1. The molecule has 6 heteroatoms. The van der Waals surface area contributed by atoms with Gasteiger partial charge in [0, 0.05) is 28.6 Å². The van der Waals surface area contributed by atoms with Gasteiger partial charge in [-0.25, -0.2) is 0 Å².